The van der Waals surface area contributed by atoms with E-state index in [0.29, 0.717) is 0 Å². The second-order valence-corrected chi connectivity index (χ2v) is 6.31. The number of unbranched alkanes of at least 4 members (excludes halogenated alkanes) is 9. The summed E-state index contributed by atoms with van der Waals surface area (Å²) in [4.78, 5) is 0. The summed E-state index contributed by atoms with van der Waals surface area (Å²) in [5.74, 6) is 0. The van der Waals surface area contributed by atoms with Gasteiger partial charge in [0, 0.05) is 36.1 Å². The molecular weight excluding hydrogens is 301 g/mol. The molecule has 0 amide bonds. The molecule has 0 aromatic heterocycles. The van der Waals surface area contributed by atoms with Crippen molar-refractivity contribution in [3.8, 4) is 0 Å². The Morgan fingerprint density at radius 3 is 1.67 bits per heavy atom. The summed E-state index contributed by atoms with van der Waals surface area (Å²) in [7, 11) is -3.83. The number of hydrogen-bond donors (Lipinski definition) is 1. The zero-order valence-electron chi connectivity index (χ0n) is 13.8. The van der Waals surface area contributed by atoms with Crippen molar-refractivity contribution in [1.82, 2.24) is 0 Å². The predicted octanol–water partition coefficient (Wildman–Crippen LogP) is 2.76. The zero-order valence-corrected chi connectivity index (χ0v) is 16.6. The normalized spacial score (nSPS) is 11.3. The van der Waals surface area contributed by atoms with E-state index in [1.807, 2.05) is 0 Å². The molecule has 0 rings (SSSR count). The van der Waals surface area contributed by atoms with Crippen LogP contribution in [0.25, 0.3) is 0 Å². The van der Waals surface area contributed by atoms with Crippen molar-refractivity contribution in [3.63, 3.8) is 0 Å². The molecule has 123 valence electrons. The molecule has 0 saturated carbocycles. The largest absolute Gasteiger partial charge is 0.399 e. The van der Waals surface area contributed by atoms with Gasteiger partial charge in [-0.15, -0.1) is 0 Å². The van der Waals surface area contributed by atoms with Gasteiger partial charge in [-0.25, -0.2) is 8.37 Å². The molecule has 0 fully saturated rings. The van der Waals surface area contributed by atoms with Gasteiger partial charge in [-0.05, 0) is 6.42 Å². The molecule has 21 heavy (non-hydrogen) atoms. The smallest absolute Gasteiger partial charge is 0.328 e. The summed E-state index contributed by atoms with van der Waals surface area (Å²) in [6, 6.07) is 0. The van der Waals surface area contributed by atoms with E-state index in [9.17, 15) is 8.42 Å². The minimum atomic E-state index is -3.83. The summed E-state index contributed by atoms with van der Waals surface area (Å²) in [5, 5.41) is 0. The number of hydrogen-bond acceptors (Lipinski definition) is 5. The van der Waals surface area contributed by atoms with E-state index in [2.05, 4.69) is 11.1 Å². The Hall–Kier alpha value is 0.830. The summed E-state index contributed by atoms with van der Waals surface area (Å²) in [5.41, 5.74) is 5.15. The second-order valence-electron chi connectivity index (χ2n) is 5.02. The fourth-order valence-electron chi connectivity index (χ4n) is 1.93. The number of nitrogens with two attached hydrogens (primary N) is 1. The molecule has 0 heterocycles. The van der Waals surface area contributed by atoms with E-state index in [1.165, 1.54) is 44.9 Å². The second kappa shape index (κ2) is 17.2. The van der Waals surface area contributed by atoms with Crippen molar-refractivity contribution in [2.75, 3.05) is 19.8 Å². The maximum absolute atomic E-state index is 11.1. The summed E-state index contributed by atoms with van der Waals surface area (Å²) < 4.78 is 31.5. The minimum absolute atomic E-state index is 0. The van der Waals surface area contributed by atoms with Crippen molar-refractivity contribution >= 4 is 40.0 Å². The van der Waals surface area contributed by atoms with Crippen molar-refractivity contribution in [1.29, 1.82) is 0 Å². The van der Waals surface area contributed by atoms with Gasteiger partial charge in [0.2, 0.25) is 0 Å². The summed E-state index contributed by atoms with van der Waals surface area (Å²) in [6.45, 7) is 2.56. The SMILES string of the molecule is CCCCCCCCCCCCOS(=O)(=O)OCCN.[Na]. The van der Waals surface area contributed by atoms with Crippen LogP contribution in [0.4, 0.5) is 0 Å². The van der Waals surface area contributed by atoms with Gasteiger partial charge in [0.1, 0.15) is 0 Å². The van der Waals surface area contributed by atoms with Gasteiger partial charge < -0.3 is 5.73 Å². The predicted molar refractivity (Wildman–Crippen MR) is 87.5 cm³/mol. The molecule has 0 aliphatic heterocycles. The van der Waals surface area contributed by atoms with Gasteiger partial charge in [-0.3, -0.25) is 0 Å². The van der Waals surface area contributed by atoms with E-state index in [4.69, 9.17) is 9.92 Å². The monoisotopic (exact) mass is 332 g/mol. The Balaban J connectivity index is 0. The van der Waals surface area contributed by atoms with E-state index in [-0.39, 0.29) is 49.3 Å². The van der Waals surface area contributed by atoms with Gasteiger partial charge in [-0.2, -0.15) is 8.42 Å². The van der Waals surface area contributed by atoms with Gasteiger partial charge in [0.15, 0.2) is 0 Å². The minimum Gasteiger partial charge on any atom is -0.328 e. The van der Waals surface area contributed by atoms with Gasteiger partial charge in [0.05, 0.1) is 13.2 Å². The standard InChI is InChI=1S/C14H31NO4S.Na/c1-2-3-4-5-6-7-8-9-10-11-13-18-20(16,17)19-14-12-15;/h2-15H2,1H3;. The van der Waals surface area contributed by atoms with Crippen LogP contribution in [0.5, 0.6) is 0 Å². The van der Waals surface area contributed by atoms with Crippen LogP contribution in [-0.2, 0) is 18.8 Å². The number of rotatable bonds is 15. The first-order valence-electron chi connectivity index (χ1n) is 7.86. The van der Waals surface area contributed by atoms with Crippen LogP contribution in [-0.4, -0.2) is 57.7 Å². The van der Waals surface area contributed by atoms with Gasteiger partial charge in [-0.1, -0.05) is 64.7 Å². The molecule has 0 aliphatic carbocycles. The van der Waals surface area contributed by atoms with Crippen LogP contribution in [0.1, 0.15) is 71.1 Å². The van der Waals surface area contributed by atoms with E-state index >= 15 is 0 Å². The Morgan fingerprint density at radius 1 is 0.762 bits per heavy atom. The van der Waals surface area contributed by atoms with Gasteiger partial charge >= 0.3 is 10.4 Å². The zero-order chi connectivity index (χ0) is 15.1. The fraction of sp³-hybridized carbons (Fsp3) is 1.00. The van der Waals surface area contributed by atoms with Crippen molar-refractivity contribution in [2.24, 2.45) is 5.73 Å². The summed E-state index contributed by atoms with van der Waals surface area (Å²) in [6.07, 6.45) is 12.0. The molecule has 0 aliphatic rings. The van der Waals surface area contributed by atoms with Crippen LogP contribution in [0.2, 0.25) is 0 Å². The van der Waals surface area contributed by atoms with E-state index in [1.54, 1.807) is 0 Å². The van der Waals surface area contributed by atoms with Crippen molar-refractivity contribution in [2.45, 2.75) is 71.1 Å². The van der Waals surface area contributed by atoms with Crippen LogP contribution < -0.4 is 5.73 Å². The van der Waals surface area contributed by atoms with E-state index < -0.39 is 10.4 Å². The Bertz CT molecular complexity index is 299. The first-order chi connectivity index (χ1) is 9.62. The van der Waals surface area contributed by atoms with E-state index in [0.717, 1.165) is 19.3 Å². The van der Waals surface area contributed by atoms with Crippen molar-refractivity contribution < 1.29 is 16.8 Å². The maximum Gasteiger partial charge on any atom is 0.399 e. The van der Waals surface area contributed by atoms with Crippen LogP contribution in [0.15, 0.2) is 0 Å². The first-order valence-corrected chi connectivity index (χ1v) is 9.19. The maximum atomic E-state index is 11.1. The summed E-state index contributed by atoms with van der Waals surface area (Å²) >= 11 is 0. The first kappa shape index (κ1) is 24.1. The Kier molecular flexibility index (Phi) is 19.7. The third-order valence-electron chi connectivity index (χ3n) is 3.07. The third kappa shape index (κ3) is 18.8. The Morgan fingerprint density at radius 2 is 1.19 bits per heavy atom. The molecule has 0 atom stereocenters. The third-order valence-corrected chi connectivity index (χ3v) is 3.98. The fourth-order valence-corrected chi connectivity index (χ4v) is 2.63. The van der Waals surface area contributed by atoms with Crippen LogP contribution in [0.3, 0.4) is 0 Å². The topological polar surface area (TPSA) is 78.6 Å². The molecule has 0 bridgehead atoms. The average molecular weight is 332 g/mol. The quantitative estimate of drug-likeness (QED) is 0.368. The average Bonchev–Trinajstić information content (AvgIpc) is 2.42. The molecule has 0 unspecified atom stereocenters. The van der Waals surface area contributed by atoms with Crippen LogP contribution in [0, 0.1) is 0 Å². The van der Waals surface area contributed by atoms with Crippen LogP contribution >= 0.6 is 0 Å². The molecule has 2 N–H and O–H groups in total. The molecule has 0 spiro atoms. The van der Waals surface area contributed by atoms with Gasteiger partial charge in [0.25, 0.3) is 0 Å². The molecule has 0 aromatic carbocycles. The molecule has 1 radical (unpaired) electrons. The molecule has 0 saturated heterocycles. The van der Waals surface area contributed by atoms with Crippen molar-refractivity contribution in [3.05, 3.63) is 0 Å². The Labute approximate surface area is 153 Å². The molecule has 7 heteroatoms. The molecular formula is C14H31NNaO4S. The molecule has 5 nitrogen and oxygen atoms in total. The molecule has 0 aromatic rings.